The van der Waals surface area contributed by atoms with Gasteiger partial charge in [0.2, 0.25) is 0 Å². The summed E-state index contributed by atoms with van der Waals surface area (Å²) in [5, 5.41) is 6.94. The van der Waals surface area contributed by atoms with Crippen LogP contribution in [-0.4, -0.2) is 10.2 Å². The molecule has 0 aliphatic carbocycles. The molecule has 0 unspecified atom stereocenters. The number of aryl methyl sites for hydroxylation is 1. The van der Waals surface area contributed by atoms with Crippen LogP contribution in [-0.2, 0) is 5.41 Å². The monoisotopic (exact) mass is 229 g/mol. The Balaban J connectivity index is 2.54. The molecule has 1 aromatic carbocycles. The van der Waals surface area contributed by atoms with Crippen LogP contribution < -0.4 is 5.73 Å². The summed E-state index contributed by atoms with van der Waals surface area (Å²) in [6, 6.07) is 8.41. The molecule has 0 radical (unpaired) electrons. The van der Waals surface area contributed by atoms with Gasteiger partial charge >= 0.3 is 0 Å². The summed E-state index contributed by atoms with van der Waals surface area (Å²) >= 11 is 0. The van der Waals surface area contributed by atoms with E-state index < -0.39 is 0 Å². The van der Waals surface area contributed by atoms with Gasteiger partial charge in [0.25, 0.3) is 0 Å². The topological polar surface area (TPSA) is 54.7 Å². The molecule has 0 saturated carbocycles. The number of nitrogens with one attached hydrogen (secondary N) is 1. The number of hydrogen-bond acceptors (Lipinski definition) is 2. The van der Waals surface area contributed by atoms with Crippen LogP contribution in [0.3, 0.4) is 0 Å². The van der Waals surface area contributed by atoms with Gasteiger partial charge in [0.1, 0.15) is 5.82 Å². The van der Waals surface area contributed by atoms with E-state index in [-0.39, 0.29) is 5.41 Å². The minimum Gasteiger partial charge on any atom is -0.382 e. The lowest BCUT2D eigenvalue weighted by Gasteiger charge is -2.20. The van der Waals surface area contributed by atoms with Crippen LogP contribution in [0.2, 0.25) is 0 Å². The van der Waals surface area contributed by atoms with Crippen molar-refractivity contribution in [3.05, 3.63) is 35.4 Å². The van der Waals surface area contributed by atoms with Gasteiger partial charge in [-0.1, -0.05) is 32.9 Å². The Kier molecular flexibility index (Phi) is 2.69. The number of rotatable bonds is 1. The molecule has 3 nitrogen and oxygen atoms in total. The van der Waals surface area contributed by atoms with Gasteiger partial charge in [-0.3, -0.25) is 5.10 Å². The van der Waals surface area contributed by atoms with Crippen molar-refractivity contribution in [1.29, 1.82) is 0 Å². The molecule has 17 heavy (non-hydrogen) atoms. The molecule has 0 aliphatic rings. The molecule has 3 heteroatoms. The van der Waals surface area contributed by atoms with Crippen LogP contribution in [0.5, 0.6) is 0 Å². The van der Waals surface area contributed by atoms with Gasteiger partial charge in [0.05, 0.1) is 5.69 Å². The third-order valence-electron chi connectivity index (χ3n) is 2.99. The normalized spacial score (nSPS) is 11.8. The van der Waals surface area contributed by atoms with Crippen molar-refractivity contribution in [2.75, 3.05) is 5.73 Å². The molecule has 0 fully saturated rings. The second-order valence-electron chi connectivity index (χ2n) is 5.49. The fraction of sp³-hybridized carbons (Fsp3) is 0.357. The number of hydrogen-bond donors (Lipinski definition) is 2. The first kappa shape index (κ1) is 11.7. The predicted octanol–water partition coefficient (Wildman–Crippen LogP) is 3.26. The standard InChI is InChI=1S/C14H19N3/c1-9-5-6-10(14(2,3)4)7-11(9)12-8-13(15)17-16-12/h5-8H,1-4H3,(H3,15,16,17). The Morgan fingerprint density at radius 1 is 1.18 bits per heavy atom. The first-order valence-electron chi connectivity index (χ1n) is 5.80. The summed E-state index contributed by atoms with van der Waals surface area (Å²) in [6.45, 7) is 8.73. The van der Waals surface area contributed by atoms with Gasteiger partial charge in [-0.2, -0.15) is 5.10 Å². The fourth-order valence-electron chi connectivity index (χ4n) is 1.85. The van der Waals surface area contributed by atoms with E-state index in [0.717, 1.165) is 5.69 Å². The van der Waals surface area contributed by atoms with Gasteiger partial charge in [0.15, 0.2) is 0 Å². The summed E-state index contributed by atoms with van der Waals surface area (Å²) in [5.74, 6) is 0.528. The Bertz CT molecular complexity index is 533. The van der Waals surface area contributed by atoms with Crippen LogP contribution in [0.25, 0.3) is 11.3 Å². The average Bonchev–Trinajstić information content (AvgIpc) is 2.63. The van der Waals surface area contributed by atoms with Gasteiger partial charge in [-0.05, 0) is 29.5 Å². The third-order valence-corrected chi connectivity index (χ3v) is 2.99. The van der Waals surface area contributed by atoms with E-state index in [2.05, 4.69) is 56.1 Å². The van der Waals surface area contributed by atoms with Crippen molar-refractivity contribution in [1.82, 2.24) is 10.2 Å². The summed E-state index contributed by atoms with van der Waals surface area (Å²) in [7, 11) is 0. The zero-order chi connectivity index (χ0) is 12.6. The number of nitrogen functional groups attached to an aromatic ring is 1. The van der Waals surface area contributed by atoms with E-state index in [4.69, 9.17) is 5.73 Å². The number of aromatic amines is 1. The zero-order valence-electron chi connectivity index (χ0n) is 10.8. The summed E-state index contributed by atoms with van der Waals surface area (Å²) in [6.07, 6.45) is 0. The van der Waals surface area contributed by atoms with Crippen molar-refractivity contribution in [2.45, 2.75) is 33.1 Å². The molecule has 0 atom stereocenters. The number of nitrogens with two attached hydrogens (primary N) is 1. The minimum absolute atomic E-state index is 0.147. The largest absolute Gasteiger partial charge is 0.382 e. The number of benzene rings is 1. The van der Waals surface area contributed by atoms with Crippen LogP contribution in [0, 0.1) is 6.92 Å². The second kappa shape index (κ2) is 3.91. The Morgan fingerprint density at radius 2 is 1.88 bits per heavy atom. The number of anilines is 1. The number of nitrogens with zero attached hydrogens (tertiary/aromatic N) is 1. The molecule has 3 N–H and O–H groups in total. The van der Waals surface area contributed by atoms with E-state index in [0.29, 0.717) is 5.82 Å². The Hall–Kier alpha value is -1.77. The van der Waals surface area contributed by atoms with E-state index in [1.165, 1.54) is 16.7 Å². The van der Waals surface area contributed by atoms with Gasteiger partial charge in [0, 0.05) is 11.6 Å². The molecule has 0 aliphatic heterocycles. The number of aromatic nitrogens is 2. The summed E-state index contributed by atoms with van der Waals surface area (Å²) < 4.78 is 0. The quantitative estimate of drug-likeness (QED) is 0.788. The maximum atomic E-state index is 5.65. The molecule has 1 aromatic heterocycles. The van der Waals surface area contributed by atoms with Crippen molar-refractivity contribution >= 4 is 5.82 Å². The lowest BCUT2D eigenvalue weighted by atomic mass is 9.85. The van der Waals surface area contributed by atoms with Crippen molar-refractivity contribution < 1.29 is 0 Å². The Morgan fingerprint density at radius 3 is 2.41 bits per heavy atom. The van der Waals surface area contributed by atoms with Crippen LogP contribution >= 0.6 is 0 Å². The Labute approximate surface area is 102 Å². The van der Waals surface area contributed by atoms with Crippen LogP contribution in [0.4, 0.5) is 5.82 Å². The highest BCUT2D eigenvalue weighted by Gasteiger charge is 2.15. The molecule has 90 valence electrons. The third kappa shape index (κ3) is 2.33. The number of H-pyrrole nitrogens is 1. The highest BCUT2D eigenvalue weighted by atomic mass is 15.2. The lowest BCUT2D eigenvalue weighted by Crippen LogP contribution is -2.11. The predicted molar refractivity (Wildman–Crippen MR) is 71.9 cm³/mol. The lowest BCUT2D eigenvalue weighted by molar-refractivity contribution is 0.590. The molecule has 0 bridgehead atoms. The molecule has 0 amide bonds. The minimum atomic E-state index is 0.147. The van der Waals surface area contributed by atoms with Crippen molar-refractivity contribution in [3.63, 3.8) is 0 Å². The maximum absolute atomic E-state index is 5.65. The van der Waals surface area contributed by atoms with Gasteiger partial charge in [-0.15, -0.1) is 0 Å². The van der Waals surface area contributed by atoms with E-state index in [1.807, 2.05) is 6.07 Å². The van der Waals surface area contributed by atoms with Crippen molar-refractivity contribution in [2.24, 2.45) is 0 Å². The van der Waals surface area contributed by atoms with Crippen LogP contribution in [0.15, 0.2) is 24.3 Å². The zero-order valence-corrected chi connectivity index (χ0v) is 10.8. The molecular formula is C14H19N3. The molecule has 0 saturated heterocycles. The molecule has 0 spiro atoms. The summed E-state index contributed by atoms with van der Waals surface area (Å²) in [5.41, 5.74) is 10.5. The molecule has 1 heterocycles. The highest BCUT2D eigenvalue weighted by molar-refractivity contribution is 5.66. The smallest absolute Gasteiger partial charge is 0.145 e. The highest BCUT2D eigenvalue weighted by Crippen LogP contribution is 2.29. The van der Waals surface area contributed by atoms with E-state index in [1.54, 1.807) is 0 Å². The van der Waals surface area contributed by atoms with Crippen LogP contribution in [0.1, 0.15) is 31.9 Å². The van der Waals surface area contributed by atoms with E-state index in [9.17, 15) is 0 Å². The average molecular weight is 229 g/mol. The second-order valence-corrected chi connectivity index (χ2v) is 5.49. The first-order chi connectivity index (χ1) is 7.88. The molecule has 2 aromatic rings. The fourth-order valence-corrected chi connectivity index (χ4v) is 1.85. The summed E-state index contributed by atoms with van der Waals surface area (Å²) in [4.78, 5) is 0. The van der Waals surface area contributed by atoms with Gasteiger partial charge < -0.3 is 5.73 Å². The molecular weight excluding hydrogens is 210 g/mol. The van der Waals surface area contributed by atoms with Gasteiger partial charge in [-0.25, -0.2) is 0 Å². The van der Waals surface area contributed by atoms with E-state index >= 15 is 0 Å². The maximum Gasteiger partial charge on any atom is 0.145 e. The SMILES string of the molecule is Cc1ccc(C(C)(C)C)cc1-c1cc(N)n[nH]1. The first-order valence-corrected chi connectivity index (χ1v) is 5.80. The molecule has 2 rings (SSSR count). The van der Waals surface area contributed by atoms with Crippen molar-refractivity contribution in [3.8, 4) is 11.3 Å².